The summed E-state index contributed by atoms with van der Waals surface area (Å²) in [6.45, 7) is 0. The number of hydrogen-bond acceptors (Lipinski definition) is 4. The Bertz CT molecular complexity index is 580. The van der Waals surface area contributed by atoms with Crippen LogP contribution in [0.15, 0.2) is 29.4 Å². The maximum atomic E-state index is 13.4. The maximum Gasteiger partial charge on any atom is 0.190 e. The van der Waals surface area contributed by atoms with E-state index in [0.29, 0.717) is 11.0 Å². The van der Waals surface area contributed by atoms with E-state index in [1.807, 2.05) is 0 Å². The van der Waals surface area contributed by atoms with Crippen LogP contribution in [0.25, 0.3) is 0 Å². The highest BCUT2D eigenvalue weighted by atomic mass is 35.5. The van der Waals surface area contributed by atoms with Gasteiger partial charge < -0.3 is 5.32 Å². The summed E-state index contributed by atoms with van der Waals surface area (Å²) in [5.41, 5.74) is -0.00294. The van der Waals surface area contributed by atoms with E-state index in [4.69, 9.17) is 11.6 Å². The molecule has 0 saturated heterocycles. The van der Waals surface area contributed by atoms with Gasteiger partial charge in [0.2, 0.25) is 0 Å². The number of anilines is 2. The van der Waals surface area contributed by atoms with Gasteiger partial charge in [-0.25, -0.2) is 18.7 Å². The molecule has 2 rings (SSSR count). The van der Waals surface area contributed by atoms with Crippen LogP contribution in [0, 0.1) is 11.6 Å². The maximum absolute atomic E-state index is 13.4. The van der Waals surface area contributed by atoms with Crippen LogP contribution in [0.3, 0.4) is 0 Å². The van der Waals surface area contributed by atoms with Gasteiger partial charge in [-0.1, -0.05) is 23.4 Å². The number of aromatic nitrogens is 2. The molecule has 3 nitrogen and oxygen atoms in total. The highest BCUT2D eigenvalue weighted by Gasteiger charge is 2.07. The molecule has 7 heteroatoms. The summed E-state index contributed by atoms with van der Waals surface area (Å²) in [6.07, 6.45) is 1.79. The first-order valence-electron chi connectivity index (χ1n) is 4.89. The molecule has 0 amide bonds. The first-order valence-corrected chi connectivity index (χ1v) is 6.49. The summed E-state index contributed by atoms with van der Waals surface area (Å²) >= 11 is 7.09. The van der Waals surface area contributed by atoms with E-state index in [1.165, 1.54) is 17.8 Å². The summed E-state index contributed by atoms with van der Waals surface area (Å²) in [5.74, 6) is -0.801. The SMILES string of the molecule is CSc1nc(Cl)cc(Nc2cc(F)ccc2F)n1. The van der Waals surface area contributed by atoms with Crippen molar-refractivity contribution >= 4 is 34.9 Å². The van der Waals surface area contributed by atoms with Gasteiger partial charge in [0.25, 0.3) is 0 Å². The van der Waals surface area contributed by atoms with E-state index in [2.05, 4.69) is 15.3 Å². The van der Waals surface area contributed by atoms with Crippen molar-refractivity contribution in [3.8, 4) is 0 Å². The van der Waals surface area contributed by atoms with E-state index in [9.17, 15) is 8.78 Å². The zero-order chi connectivity index (χ0) is 13.1. The molecule has 1 heterocycles. The molecular formula is C11H8ClF2N3S. The third-order valence-electron chi connectivity index (χ3n) is 2.05. The van der Waals surface area contributed by atoms with Crippen molar-refractivity contribution in [3.63, 3.8) is 0 Å². The van der Waals surface area contributed by atoms with E-state index >= 15 is 0 Å². The van der Waals surface area contributed by atoms with Crippen LogP contribution in [0.2, 0.25) is 5.15 Å². The Morgan fingerprint density at radius 3 is 2.72 bits per heavy atom. The van der Waals surface area contributed by atoms with Crippen molar-refractivity contribution in [3.05, 3.63) is 41.1 Å². The topological polar surface area (TPSA) is 37.8 Å². The summed E-state index contributed by atoms with van der Waals surface area (Å²) in [5, 5.41) is 3.34. The predicted molar refractivity (Wildman–Crippen MR) is 68.5 cm³/mol. The molecule has 18 heavy (non-hydrogen) atoms. The molecule has 0 unspecified atom stereocenters. The molecular weight excluding hydrogens is 280 g/mol. The minimum atomic E-state index is -0.572. The summed E-state index contributed by atoms with van der Waals surface area (Å²) in [4.78, 5) is 8.03. The number of rotatable bonds is 3. The van der Waals surface area contributed by atoms with Gasteiger partial charge in [-0.05, 0) is 18.4 Å². The van der Waals surface area contributed by atoms with E-state index in [0.717, 1.165) is 18.2 Å². The largest absolute Gasteiger partial charge is 0.338 e. The van der Waals surface area contributed by atoms with Crippen molar-refractivity contribution in [1.82, 2.24) is 9.97 Å². The summed E-state index contributed by atoms with van der Waals surface area (Å²) in [6, 6.07) is 4.56. The van der Waals surface area contributed by atoms with Gasteiger partial charge in [-0.2, -0.15) is 0 Å². The van der Waals surface area contributed by atoms with Crippen LogP contribution in [-0.4, -0.2) is 16.2 Å². The number of nitrogens with zero attached hydrogens (tertiary/aromatic N) is 2. The number of benzene rings is 1. The van der Waals surface area contributed by atoms with Crippen LogP contribution in [-0.2, 0) is 0 Å². The fourth-order valence-electron chi connectivity index (χ4n) is 1.28. The van der Waals surface area contributed by atoms with Gasteiger partial charge in [0.1, 0.15) is 22.6 Å². The molecule has 0 bridgehead atoms. The molecule has 0 radical (unpaired) electrons. The van der Waals surface area contributed by atoms with E-state index in [-0.39, 0.29) is 10.8 Å². The monoisotopic (exact) mass is 287 g/mol. The minimum absolute atomic E-state index is 0.00294. The standard InChI is InChI=1S/C11H8ClF2N3S/c1-18-11-16-9(12)5-10(17-11)15-8-4-6(13)2-3-7(8)14/h2-5H,1H3,(H,15,16,17). The van der Waals surface area contributed by atoms with Gasteiger partial charge in [0.15, 0.2) is 5.16 Å². The first-order chi connectivity index (χ1) is 8.58. The lowest BCUT2D eigenvalue weighted by Crippen LogP contribution is -1.99. The number of nitrogens with one attached hydrogen (secondary N) is 1. The molecule has 0 fully saturated rings. The molecule has 94 valence electrons. The van der Waals surface area contributed by atoms with Crippen molar-refractivity contribution in [2.45, 2.75) is 5.16 Å². The number of thioether (sulfide) groups is 1. The Morgan fingerprint density at radius 2 is 2.00 bits per heavy atom. The third kappa shape index (κ3) is 3.08. The highest BCUT2D eigenvalue weighted by Crippen LogP contribution is 2.23. The fourth-order valence-corrected chi connectivity index (χ4v) is 1.90. The van der Waals surface area contributed by atoms with Crippen LogP contribution in [0.5, 0.6) is 0 Å². The molecule has 1 aromatic heterocycles. The number of halogens is 3. The van der Waals surface area contributed by atoms with Gasteiger partial charge in [-0.3, -0.25) is 0 Å². The second kappa shape index (κ2) is 5.49. The van der Waals surface area contributed by atoms with Crippen LogP contribution in [0.4, 0.5) is 20.3 Å². The lowest BCUT2D eigenvalue weighted by molar-refractivity contribution is 0.603. The van der Waals surface area contributed by atoms with Crippen molar-refractivity contribution < 1.29 is 8.78 Å². The van der Waals surface area contributed by atoms with Crippen LogP contribution in [0.1, 0.15) is 0 Å². The van der Waals surface area contributed by atoms with Crippen molar-refractivity contribution in [2.75, 3.05) is 11.6 Å². The molecule has 1 N–H and O–H groups in total. The normalized spacial score (nSPS) is 10.4. The molecule has 0 saturated carbocycles. The molecule has 0 aliphatic rings. The molecule has 0 spiro atoms. The molecule has 2 aromatic rings. The minimum Gasteiger partial charge on any atom is -0.338 e. The fraction of sp³-hybridized carbons (Fsp3) is 0.0909. The average molecular weight is 288 g/mol. The average Bonchev–Trinajstić information content (AvgIpc) is 2.33. The molecule has 1 aromatic carbocycles. The predicted octanol–water partition coefficient (Wildman–Crippen LogP) is 3.87. The second-order valence-electron chi connectivity index (χ2n) is 3.31. The van der Waals surface area contributed by atoms with Crippen LogP contribution >= 0.6 is 23.4 Å². The third-order valence-corrected chi connectivity index (χ3v) is 2.79. The quantitative estimate of drug-likeness (QED) is 0.528. The van der Waals surface area contributed by atoms with E-state index < -0.39 is 11.6 Å². The zero-order valence-corrected chi connectivity index (χ0v) is 10.8. The molecule has 0 aliphatic carbocycles. The van der Waals surface area contributed by atoms with Gasteiger partial charge in [0.05, 0.1) is 5.69 Å². The Balaban J connectivity index is 2.33. The number of hydrogen-bond donors (Lipinski definition) is 1. The van der Waals surface area contributed by atoms with E-state index in [1.54, 1.807) is 6.26 Å². The second-order valence-corrected chi connectivity index (χ2v) is 4.47. The molecule has 0 atom stereocenters. The lowest BCUT2D eigenvalue weighted by atomic mass is 10.3. The van der Waals surface area contributed by atoms with Crippen molar-refractivity contribution in [2.24, 2.45) is 0 Å². The van der Waals surface area contributed by atoms with Gasteiger partial charge in [0, 0.05) is 12.1 Å². The Kier molecular flexibility index (Phi) is 3.98. The summed E-state index contributed by atoms with van der Waals surface area (Å²) < 4.78 is 26.4. The van der Waals surface area contributed by atoms with Crippen molar-refractivity contribution in [1.29, 1.82) is 0 Å². The Labute approximate surface area is 112 Å². The molecule has 0 aliphatic heterocycles. The Morgan fingerprint density at radius 1 is 1.22 bits per heavy atom. The van der Waals surface area contributed by atoms with Crippen LogP contribution < -0.4 is 5.32 Å². The summed E-state index contributed by atoms with van der Waals surface area (Å²) in [7, 11) is 0. The van der Waals surface area contributed by atoms with Gasteiger partial charge >= 0.3 is 0 Å². The zero-order valence-electron chi connectivity index (χ0n) is 9.25. The highest BCUT2D eigenvalue weighted by molar-refractivity contribution is 7.98. The van der Waals surface area contributed by atoms with Gasteiger partial charge in [-0.15, -0.1) is 0 Å². The Hall–Kier alpha value is -1.40. The first kappa shape index (κ1) is 13.0. The lowest BCUT2D eigenvalue weighted by Gasteiger charge is -2.08. The smallest absolute Gasteiger partial charge is 0.190 e.